The fraction of sp³-hybridized carbons (Fsp3) is 0.923. The molecular formula is C13H25NO. The SMILES string of the molecule is C[C@H](CCC1CCCCCCC1)NC=O. The number of rotatable bonds is 5. The molecule has 0 radical (unpaired) electrons. The van der Waals surface area contributed by atoms with Gasteiger partial charge in [0.2, 0.25) is 6.41 Å². The van der Waals surface area contributed by atoms with E-state index in [9.17, 15) is 4.79 Å². The molecule has 1 fully saturated rings. The lowest BCUT2D eigenvalue weighted by atomic mass is 9.87. The summed E-state index contributed by atoms with van der Waals surface area (Å²) >= 11 is 0. The second kappa shape index (κ2) is 7.72. The van der Waals surface area contributed by atoms with Gasteiger partial charge in [-0.1, -0.05) is 44.9 Å². The Morgan fingerprint density at radius 2 is 1.80 bits per heavy atom. The molecular weight excluding hydrogens is 186 g/mol. The van der Waals surface area contributed by atoms with Crippen molar-refractivity contribution in [3.8, 4) is 0 Å². The molecule has 2 nitrogen and oxygen atoms in total. The standard InChI is InChI=1S/C13H25NO/c1-12(14-11-15)9-10-13-7-5-3-2-4-6-8-13/h11-13H,2-10H2,1H3,(H,14,15)/t12-/m1/s1. The maximum absolute atomic E-state index is 10.3. The molecule has 0 aromatic rings. The van der Waals surface area contributed by atoms with Crippen LogP contribution in [0.1, 0.15) is 64.7 Å². The van der Waals surface area contributed by atoms with Gasteiger partial charge in [-0.3, -0.25) is 4.79 Å². The molecule has 0 bridgehead atoms. The number of hydrogen-bond donors (Lipinski definition) is 1. The Morgan fingerprint density at radius 1 is 1.20 bits per heavy atom. The molecule has 0 unspecified atom stereocenters. The highest BCUT2D eigenvalue weighted by molar-refractivity contribution is 5.46. The molecule has 1 rings (SSSR count). The zero-order valence-corrected chi connectivity index (χ0v) is 10.0. The van der Waals surface area contributed by atoms with Crippen molar-refractivity contribution in [3.05, 3.63) is 0 Å². The van der Waals surface area contributed by atoms with Gasteiger partial charge >= 0.3 is 0 Å². The summed E-state index contributed by atoms with van der Waals surface area (Å²) in [7, 11) is 0. The van der Waals surface area contributed by atoms with Gasteiger partial charge in [0, 0.05) is 6.04 Å². The molecule has 1 aliphatic carbocycles. The van der Waals surface area contributed by atoms with Crippen LogP contribution in [0, 0.1) is 5.92 Å². The van der Waals surface area contributed by atoms with E-state index in [0.29, 0.717) is 6.04 Å². The quantitative estimate of drug-likeness (QED) is 0.695. The number of hydrogen-bond acceptors (Lipinski definition) is 1. The van der Waals surface area contributed by atoms with Gasteiger partial charge in [-0.05, 0) is 25.7 Å². The van der Waals surface area contributed by atoms with Gasteiger partial charge in [-0.2, -0.15) is 0 Å². The minimum atomic E-state index is 0.355. The summed E-state index contributed by atoms with van der Waals surface area (Å²) < 4.78 is 0. The number of carbonyl (C=O) groups excluding carboxylic acids is 1. The Kier molecular flexibility index (Phi) is 6.45. The lowest BCUT2D eigenvalue weighted by molar-refractivity contribution is -0.110. The average molecular weight is 211 g/mol. The Morgan fingerprint density at radius 3 is 2.40 bits per heavy atom. The molecule has 1 aliphatic rings. The molecule has 0 saturated heterocycles. The average Bonchev–Trinajstić information content (AvgIpc) is 2.16. The molecule has 1 saturated carbocycles. The summed E-state index contributed by atoms with van der Waals surface area (Å²) in [5.41, 5.74) is 0. The third kappa shape index (κ3) is 5.81. The van der Waals surface area contributed by atoms with E-state index in [1.54, 1.807) is 0 Å². The van der Waals surface area contributed by atoms with Gasteiger partial charge in [0.25, 0.3) is 0 Å². The van der Waals surface area contributed by atoms with E-state index in [2.05, 4.69) is 12.2 Å². The Hall–Kier alpha value is -0.530. The van der Waals surface area contributed by atoms with E-state index >= 15 is 0 Å². The van der Waals surface area contributed by atoms with Gasteiger partial charge in [-0.15, -0.1) is 0 Å². The number of nitrogens with one attached hydrogen (secondary N) is 1. The van der Waals surface area contributed by atoms with Crippen LogP contribution in [0.4, 0.5) is 0 Å². The van der Waals surface area contributed by atoms with Gasteiger partial charge in [0.1, 0.15) is 0 Å². The molecule has 0 aliphatic heterocycles. The molecule has 0 aromatic heterocycles. The number of amides is 1. The van der Waals surface area contributed by atoms with Crippen LogP contribution < -0.4 is 5.32 Å². The van der Waals surface area contributed by atoms with Gasteiger partial charge in [0.05, 0.1) is 0 Å². The van der Waals surface area contributed by atoms with E-state index in [1.807, 2.05) is 0 Å². The summed E-state index contributed by atoms with van der Waals surface area (Å²) in [4.78, 5) is 10.3. The van der Waals surface area contributed by atoms with Gasteiger partial charge < -0.3 is 5.32 Å². The molecule has 0 spiro atoms. The molecule has 2 heteroatoms. The van der Waals surface area contributed by atoms with Crippen LogP contribution in [0.15, 0.2) is 0 Å². The smallest absolute Gasteiger partial charge is 0.207 e. The molecule has 1 atom stereocenters. The van der Waals surface area contributed by atoms with E-state index in [0.717, 1.165) is 18.7 Å². The van der Waals surface area contributed by atoms with E-state index in [4.69, 9.17) is 0 Å². The number of carbonyl (C=O) groups is 1. The first-order valence-electron chi connectivity index (χ1n) is 6.52. The molecule has 1 amide bonds. The molecule has 1 N–H and O–H groups in total. The maximum Gasteiger partial charge on any atom is 0.207 e. The van der Waals surface area contributed by atoms with Crippen molar-refractivity contribution in [2.45, 2.75) is 70.8 Å². The van der Waals surface area contributed by atoms with Crippen LogP contribution >= 0.6 is 0 Å². The Bertz CT molecular complexity index is 162. The fourth-order valence-corrected chi connectivity index (χ4v) is 2.51. The van der Waals surface area contributed by atoms with Crippen LogP contribution in [0.5, 0.6) is 0 Å². The normalized spacial score (nSPS) is 21.4. The highest BCUT2D eigenvalue weighted by atomic mass is 16.1. The third-order valence-electron chi connectivity index (χ3n) is 3.59. The minimum absolute atomic E-state index is 0.355. The molecule has 15 heavy (non-hydrogen) atoms. The summed E-state index contributed by atoms with van der Waals surface area (Å²) in [5.74, 6) is 0.918. The molecule has 0 heterocycles. The van der Waals surface area contributed by atoms with Crippen molar-refractivity contribution in [2.75, 3.05) is 0 Å². The van der Waals surface area contributed by atoms with Crippen LogP contribution in [0.25, 0.3) is 0 Å². The summed E-state index contributed by atoms with van der Waals surface area (Å²) in [6, 6.07) is 0.355. The lowest BCUT2D eigenvalue weighted by Crippen LogP contribution is -2.24. The van der Waals surface area contributed by atoms with E-state index in [1.165, 1.54) is 51.4 Å². The zero-order valence-electron chi connectivity index (χ0n) is 10.0. The summed E-state index contributed by atoms with van der Waals surface area (Å²) in [5, 5.41) is 2.83. The van der Waals surface area contributed by atoms with Crippen molar-refractivity contribution in [3.63, 3.8) is 0 Å². The first-order valence-corrected chi connectivity index (χ1v) is 6.52. The predicted octanol–water partition coefficient (Wildman–Crippen LogP) is 3.26. The largest absolute Gasteiger partial charge is 0.356 e. The van der Waals surface area contributed by atoms with Crippen LogP contribution in [-0.4, -0.2) is 12.5 Å². The van der Waals surface area contributed by atoms with Crippen molar-refractivity contribution < 1.29 is 4.79 Å². The van der Waals surface area contributed by atoms with E-state index < -0.39 is 0 Å². The highest BCUT2D eigenvalue weighted by Gasteiger charge is 2.12. The minimum Gasteiger partial charge on any atom is -0.356 e. The predicted molar refractivity (Wildman–Crippen MR) is 63.7 cm³/mol. The summed E-state index contributed by atoms with van der Waals surface area (Å²) in [6.45, 7) is 2.09. The van der Waals surface area contributed by atoms with Crippen LogP contribution in [-0.2, 0) is 4.79 Å². The second-order valence-electron chi connectivity index (χ2n) is 4.97. The van der Waals surface area contributed by atoms with Crippen molar-refractivity contribution in [2.24, 2.45) is 5.92 Å². The van der Waals surface area contributed by atoms with Crippen molar-refractivity contribution in [1.29, 1.82) is 0 Å². The fourth-order valence-electron chi connectivity index (χ4n) is 2.51. The third-order valence-corrected chi connectivity index (χ3v) is 3.59. The Labute approximate surface area is 93.8 Å². The van der Waals surface area contributed by atoms with Crippen LogP contribution in [0.2, 0.25) is 0 Å². The Balaban J connectivity index is 2.14. The molecule has 88 valence electrons. The monoisotopic (exact) mass is 211 g/mol. The highest BCUT2D eigenvalue weighted by Crippen LogP contribution is 2.26. The molecule has 0 aromatic carbocycles. The topological polar surface area (TPSA) is 29.1 Å². The van der Waals surface area contributed by atoms with E-state index in [-0.39, 0.29) is 0 Å². The van der Waals surface area contributed by atoms with Crippen molar-refractivity contribution >= 4 is 6.41 Å². The zero-order chi connectivity index (χ0) is 10.9. The van der Waals surface area contributed by atoms with Gasteiger partial charge in [-0.25, -0.2) is 0 Å². The second-order valence-corrected chi connectivity index (χ2v) is 4.97. The van der Waals surface area contributed by atoms with Crippen LogP contribution in [0.3, 0.4) is 0 Å². The maximum atomic E-state index is 10.3. The lowest BCUT2D eigenvalue weighted by Gasteiger charge is -2.21. The first-order chi connectivity index (χ1) is 7.33. The van der Waals surface area contributed by atoms with Gasteiger partial charge in [0.15, 0.2) is 0 Å². The van der Waals surface area contributed by atoms with Crippen molar-refractivity contribution in [1.82, 2.24) is 5.32 Å². The first kappa shape index (κ1) is 12.5. The summed E-state index contributed by atoms with van der Waals surface area (Å²) in [6.07, 6.45) is 13.2.